The summed E-state index contributed by atoms with van der Waals surface area (Å²) in [6.07, 6.45) is 3.79. The third kappa shape index (κ3) is 9.83. The zero-order valence-corrected chi connectivity index (χ0v) is 34.1. The van der Waals surface area contributed by atoms with E-state index in [0.717, 1.165) is 22.3 Å². The Morgan fingerprint density at radius 3 is 1.59 bits per heavy atom. The van der Waals surface area contributed by atoms with Crippen LogP contribution < -0.4 is 10.6 Å². The van der Waals surface area contributed by atoms with Crippen LogP contribution in [0.2, 0.25) is 0 Å². The first-order valence-electron chi connectivity index (χ1n) is 19.0. The Balaban J connectivity index is 0.000000201. The number of carboxylic acids is 1. The Kier molecular flexibility index (Phi) is 11.7. The summed E-state index contributed by atoms with van der Waals surface area (Å²) in [4.78, 5) is 61.8. The average Bonchev–Trinajstić information content (AvgIpc) is 3.67. The van der Waals surface area contributed by atoms with Crippen LogP contribution in [-0.2, 0) is 19.1 Å². The Morgan fingerprint density at radius 1 is 0.661 bits per heavy atom. The summed E-state index contributed by atoms with van der Waals surface area (Å²) < 4.78 is 21.8. The Hall–Kier alpha value is -6.83. The lowest BCUT2D eigenvalue weighted by Crippen LogP contribution is -2.31. The van der Waals surface area contributed by atoms with Crippen molar-refractivity contribution < 1.29 is 47.6 Å². The Labute approximate surface area is 340 Å². The fourth-order valence-corrected chi connectivity index (χ4v) is 6.81. The van der Waals surface area contributed by atoms with E-state index in [2.05, 4.69) is 20.9 Å². The summed E-state index contributed by atoms with van der Waals surface area (Å²) in [5.74, 6) is -2.00. The number of carbonyl (C=O) groups is 5. The van der Waals surface area contributed by atoms with Crippen molar-refractivity contribution in [2.45, 2.75) is 91.5 Å². The molecule has 14 heteroatoms. The van der Waals surface area contributed by atoms with Crippen LogP contribution in [0, 0.1) is 13.8 Å². The van der Waals surface area contributed by atoms with E-state index in [1.165, 1.54) is 12.1 Å². The highest BCUT2D eigenvalue weighted by molar-refractivity contribution is 6.05. The van der Waals surface area contributed by atoms with Gasteiger partial charge in [0.15, 0.2) is 11.5 Å². The molecular formula is C45H46N4O10. The number of hydrogen-bond acceptors (Lipinski definition) is 11. The van der Waals surface area contributed by atoms with Crippen LogP contribution in [0.25, 0.3) is 34.4 Å². The molecule has 2 aliphatic heterocycles. The second-order valence-corrected chi connectivity index (χ2v) is 16.3. The van der Waals surface area contributed by atoms with Crippen LogP contribution in [0.15, 0.2) is 75.8 Å². The molecule has 5 aromatic rings. The van der Waals surface area contributed by atoms with Crippen LogP contribution in [0.1, 0.15) is 132 Å². The summed E-state index contributed by atoms with van der Waals surface area (Å²) in [5, 5.41) is 22.9. The molecule has 2 aromatic heterocycles. The van der Waals surface area contributed by atoms with Gasteiger partial charge >= 0.3 is 17.9 Å². The number of fused-ring (bicyclic) bond motifs is 6. The van der Waals surface area contributed by atoms with Gasteiger partial charge in [-0.15, -0.1) is 0 Å². The van der Waals surface area contributed by atoms with Crippen LogP contribution >= 0.6 is 0 Å². The molecule has 3 aromatic carbocycles. The van der Waals surface area contributed by atoms with Crippen molar-refractivity contribution in [2.24, 2.45) is 0 Å². The minimum atomic E-state index is -1.14. The molecule has 14 nitrogen and oxygen atoms in total. The summed E-state index contributed by atoms with van der Waals surface area (Å²) in [6.45, 7) is 14.2. The molecule has 0 saturated carbocycles. The topological polar surface area (TPSA) is 200 Å². The minimum absolute atomic E-state index is 0.00912. The molecule has 0 bridgehead atoms. The lowest BCUT2D eigenvalue weighted by Gasteiger charge is -2.21. The molecule has 306 valence electrons. The van der Waals surface area contributed by atoms with Gasteiger partial charge in [-0.2, -0.15) is 0 Å². The minimum Gasteiger partial charge on any atom is -0.478 e. The lowest BCUT2D eigenvalue weighted by atomic mass is 9.95. The lowest BCUT2D eigenvalue weighted by molar-refractivity contribution is -0.156. The van der Waals surface area contributed by atoms with Gasteiger partial charge in [0.05, 0.1) is 40.9 Å². The molecule has 0 aliphatic carbocycles. The highest BCUT2D eigenvalue weighted by Crippen LogP contribution is 2.40. The highest BCUT2D eigenvalue weighted by atomic mass is 16.6. The van der Waals surface area contributed by atoms with E-state index in [1.54, 1.807) is 54.5 Å². The van der Waals surface area contributed by atoms with E-state index in [-0.39, 0.29) is 29.9 Å². The van der Waals surface area contributed by atoms with Crippen LogP contribution in [-0.4, -0.2) is 56.3 Å². The summed E-state index contributed by atoms with van der Waals surface area (Å²) >= 11 is 0. The Morgan fingerprint density at radius 2 is 1.12 bits per heavy atom. The third-order valence-electron chi connectivity index (χ3n) is 9.21. The van der Waals surface area contributed by atoms with Crippen molar-refractivity contribution >= 4 is 41.9 Å². The van der Waals surface area contributed by atoms with E-state index >= 15 is 0 Å². The van der Waals surface area contributed by atoms with E-state index < -0.39 is 47.1 Å². The zero-order valence-electron chi connectivity index (χ0n) is 34.1. The number of benzene rings is 3. The predicted molar refractivity (Wildman–Crippen MR) is 217 cm³/mol. The van der Waals surface area contributed by atoms with Gasteiger partial charge in [0, 0.05) is 11.1 Å². The second-order valence-electron chi connectivity index (χ2n) is 16.3. The molecule has 0 radical (unpaired) electrons. The molecule has 0 spiro atoms. The number of aromatic nitrogens is 2. The largest absolute Gasteiger partial charge is 0.478 e. The van der Waals surface area contributed by atoms with E-state index in [9.17, 15) is 29.1 Å². The van der Waals surface area contributed by atoms with Crippen molar-refractivity contribution in [1.29, 1.82) is 0 Å². The number of nitrogens with zero attached hydrogens (tertiary/aromatic N) is 2. The van der Waals surface area contributed by atoms with Gasteiger partial charge < -0.3 is 34.3 Å². The van der Waals surface area contributed by atoms with Crippen molar-refractivity contribution in [2.75, 3.05) is 0 Å². The Bertz CT molecular complexity index is 2470. The molecule has 2 atom stereocenters. The van der Waals surface area contributed by atoms with E-state index in [4.69, 9.17) is 18.5 Å². The maximum atomic E-state index is 13.1. The third-order valence-corrected chi connectivity index (χ3v) is 9.21. The normalized spacial score (nSPS) is 15.8. The van der Waals surface area contributed by atoms with Gasteiger partial charge in [-0.3, -0.25) is 19.2 Å². The van der Waals surface area contributed by atoms with Gasteiger partial charge in [-0.05, 0) is 95.8 Å². The zero-order chi connectivity index (χ0) is 42.8. The van der Waals surface area contributed by atoms with Crippen molar-refractivity contribution in [1.82, 2.24) is 20.9 Å². The van der Waals surface area contributed by atoms with Gasteiger partial charge in [-0.1, -0.05) is 71.0 Å². The SMILES string of the molecule is Cc1noc2c1-c1ccc(/C=C/c3ccccc3)cc1C(=O)N[C@H]2CC(=O)OC(C)(C)C.Cc1noc2c1-c1ccc(C(=O)O)cc1C(=O)N[C@H]2CC(=O)OC(C)(C)C. The number of aromatic carboxylic acids is 1. The number of aryl methyl sites for hydroxylation is 2. The number of carbonyl (C=O) groups excluding carboxylic acids is 4. The number of nitrogens with one attached hydrogen (secondary N) is 2. The summed E-state index contributed by atoms with van der Waals surface area (Å²) in [7, 11) is 0. The van der Waals surface area contributed by atoms with Gasteiger partial charge in [0.1, 0.15) is 23.3 Å². The van der Waals surface area contributed by atoms with Crippen molar-refractivity contribution in [3.63, 3.8) is 0 Å². The van der Waals surface area contributed by atoms with Crippen molar-refractivity contribution in [3.05, 3.63) is 117 Å². The highest BCUT2D eigenvalue weighted by Gasteiger charge is 2.36. The van der Waals surface area contributed by atoms with Gasteiger partial charge in [-0.25, -0.2) is 4.79 Å². The fraction of sp³-hybridized carbons (Fsp3) is 0.311. The molecule has 2 amide bonds. The first-order valence-corrected chi connectivity index (χ1v) is 19.0. The number of ether oxygens (including phenoxy) is 2. The summed E-state index contributed by atoms with van der Waals surface area (Å²) in [5.41, 5.74) is 5.15. The number of rotatable bonds is 7. The molecule has 4 heterocycles. The maximum Gasteiger partial charge on any atom is 0.335 e. The first-order chi connectivity index (χ1) is 27.8. The van der Waals surface area contributed by atoms with Crippen LogP contribution in [0.5, 0.6) is 0 Å². The van der Waals surface area contributed by atoms with E-state index in [1.807, 2.05) is 67.6 Å². The first kappa shape index (κ1) is 41.8. The molecule has 59 heavy (non-hydrogen) atoms. The molecule has 2 aliphatic rings. The summed E-state index contributed by atoms with van der Waals surface area (Å²) in [6, 6.07) is 18.5. The second kappa shape index (κ2) is 16.6. The number of hydrogen-bond donors (Lipinski definition) is 3. The number of carboxylic acid groups (broad SMARTS) is 1. The van der Waals surface area contributed by atoms with E-state index in [0.29, 0.717) is 39.6 Å². The monoisotopic (exact) mass is 802 g/mol. The van der Waals surface area contributed by atoms with Crippen molar-refractivity contribution in [3.8, 4) is 22.3 Å². The predicted octanol–water partition coefficient (Wildman–Crippen LogP) is 8.20. The number of esters is 2. The van der Waals surface area contributed by atoms with Gasteiger partial charge in [0.25, 0.3) is 11.8 Å². The fourth-order valence-electron chi connectivity index (χ4n) is 6.81. The van der Waals surface area contributed by atoms with Crippen LogP contribution in [0.3, 0.4) is 0 Å². The molecule has 0 fully saturated rings. The average molecular weight is 803 g/mol. The maximum absolute atomic E-state index is 13.1. The molecule has 0 unspecified atom stereocenters. The molecule has 3 N–H and O–H groups in total. The quantitative estimate of drug-likeness (QED) is 0.105. The van der Waals surface area contributed by atoms with Crippen LogP contribution in [0.4, 0.5) is 0 Å². The van der Waals surface area contributed by atoms with Gasteiger partial charge in [0.2, 0.25) is 0 Å². The number of amides is 2. The smallest absolute Gasteiger partial charge is 0.335 e. The standard InChI is InChI=1S/C26H26N2O4.C19H20N2O6/c1-16-23-19-13-12-18(11-10-17-8-6-5-7-9-17)14-20(19)25(30)27-21(24(23)32-28-16)15-22(29)31-26(2,3)4;1-9-15-11-6-5-10(18(24)25)7-12(11)17(23)20-13(16(15)27-21-9)8-14(22)26-19(2,3)4/h5-14,21H,15H2,1-4H3,(H,27,30);5-7,13H,8H2,1-4H3,(H,20,23)(H,24,25)/b11-10+;/t21-;13-/m00/s1. The molecule has 0 saturated heterocycles. The molecular weight excluding hydrogens is 757 g/mol. The molecule has 7 rings (SSSR count).